The van der Waals surface area contributed by atoms with Crippen molar-refractivity contribution in [2.45, 2.75) is 130 Å². The molecule has 0 bridgehead atoms. The number of hydroxylamine groups is 2. The molecule has 1 fully saturated rings. The van der Waals surface area contributed by atoms with Crippen molar-refractivity contribution in [1.82, 2.24) is 40.4 Å². The summed E-state index contributed by atoms with van der Waals surface area (Å²) < 4.78 is 7.56. The summed E-state index contributed by atoms with van der Waals surface area (Å²) in [6.45, 7) is 9.19. The largest absolute Gasteiger partial charge is 0.445 e. The highest BCUT2D eigenvalue weighted by atomic mass is 16.7. The van der Waals surface area contributed by atoms with Crippen LogP contribution in [0.3, 0.4) is 0 Å². The van der Waals surface area contributed by atoms with E-state index in [0.29, 0.717) is 58.0 Å². The molecule has 0 spiro atoms. The SMILES string of the molecule is CCN(Cc1nc2c(N)nc3ccccc3c2n1CC(C)(C)O)C(=O)OCc1ccc(NC(=O)C(CCCNC(N)=O)NC(=O)C(NC(=O)CCCCCC(=O)ON2C(=O)CCC2=O)C(C)C)cc1. The number of amides is 8. The number of imidazole rings is 1. The van der Waals surface area contributed by atoms with Crippen molar-refractivity contribution in [3.8, 4) is 0 Å². The number of pyridine rings is 1. The monoisotopic (exact) mass is 957 g/mol. The fourth-order valence-electron chi connectivity index (χ4n) is 7.57. The van der Waals surface area contributed by atoms with Crippen LogP contribution in [0.2, 0.25) is 0 Å². The molecule has 1 aliphatic rings. The van der Waals surface area contributed by atoms with E-state index in [1.165, 1.54) is 4.90 Å². The Morgan fingerprint density at radius 2 is 1.58 bits per heavy atom. The Bertz CT molecular complexity index is 2500. The molecule has 9 N–H and O–H groups in total. The van der Waals surface area contributed by atoms with Crippen molar-refractivity contribution in [2.75, 3.05) is 24.1 Å². The number of nitrogens with one attached hydrogen (secondary N) is 4. The maximum Gasteiger partial charge on any atom is 0.410 e. The molecule has 1 saturated heterocycles. The molecule has 0 radical (unpaired) electrons. The highest BCUT2D eigenvalue weighted by Gasteiger charge is 2.33. The highest BCUT2D eigenvalue weighted by molar-refractivity contribution is 6.06. The Kier molecular flexibility index (Phi) is 18.4. The van der Waals surface area contributed by atoms with E-state index in [1.54, 1.807) is 58.9 Å². The third-order valence-electron chi connectivity index (χ3n) is 11.1. The van der Waals surface area contributed by atoms with E-state index in [-0.39, 0.29) is 83.0 Å². The van der Waals surface area contributed by atoms with E-state index >= 15 is 0 Å². The van der Waals surface area contributed by atoms with Crippen molar-refractivity contribution in [3.63, 3.8) is 0 Å². The minimum Gasteiger partial charge on any atom is -0.445 e. The van der Waals surface area contributed by atoms with Crippen LogP contribution in [0.4, 0.5) is 21.1 Å². The molecule has 22 nitrogen and oxygen atoms in total. The van der Waals surface area contributed by atoms with Gasteiger partial charge in [-0.3, -0.25) is 24.0 Å². The van der Waals surface area contributed by atoms with E-state index in [4.69, 9.17) is 26.0 Å². The van der Waals surface area contributed by atoms with Gasteiger partial charge in [-0.15, -0.1) is 5.06 Å². The molecule has 22 heteroatoms. The number of primary amides is 1. The van der Waals surface area contributed by atoms with E-state index in [1.807, 2.05) is 28.8 Å². The normalized spacial score (nSPS) is 13.6. The zero-order valence-electron chi connectivity index (χ0n) is 39.7. The molecule has 0 saturated carbocycles. The van der Waals surface area contributed by atoms with E-state index in [9.17, 15) is 43.5 Å². The van der Waals surface area contributed by atoms with E-state index in [2.05, 4.69) is 26.3 Å². The van der Waals surface area contributed by atoms with Gasteiger partial charge in [0.2, 0.25) is 17.7 Å². The number of carbonyl (C=O) groups is 8. The van der Waals surface area contributed by atoms with Crippen molar-refractivity contribution >= 4 is 81.1 Å². The quantitative estimate of drug-likeness (QED) is 0.0390. The number of nitrogen functional groups attached to an aromatic ring is 1. The van der Waals surface area contributed by atoms with Crippen LogP contribution in [0.25, 0.3) is 21.9 Å². The Hall–Kier alpha value is -7.36. The minimum absolute atomic E-state index is 0.00646. The first-order valence-electron chi connectivity index (χ1n) is 23.0. The molecule has 69 heavy (non-hydrogen) atoms. The number of benzene rings is 2. The molecule has 3 heterocycles. The number of aromatic nitrogens is 3. The number of carbonyl (C=O) groups excluding carboxylic acids is 8. The molecular formula is C47H63N11O11. The lowest BCUT2D eigenvalue weighted by molar-refractivity contribution is -0.197. The van der Waals surface area contributed by atoms with Gasteiger partial charge in [0.05, 0.1) is 29.7 Å². The molecule has 5 rings (SSSR count). The fourth-order valence-corrected chi connectivity index (χ4v) is 7.57. The molecular weight excluding hydrogens is 895 g/mol. The van der Waals surface area contributed by atoms with Crippen LogP contribution in [0, 0.1) is 5.92 Å². The Morgan fingerprint density at radius 1 is 0.899 bits per heavy atom. The first-order valence-corrected chi connectivity index (χ1v) is 23.0. The number of nitrogens with zero attached hydrogens (tertiary/aromatic N) is 5. The second-order valence-corrected chi connectivity index (χ2v) is 17.8. The third-order valence-corrected chi connectivity index (χ3v) is 11.1. The van der Waals surface area contributed by atoms with Gasteiger partial charge in [0.15, 0.2) is 5.82 Å². The zero-order valence-corrected chi connectivity index (χ0v) is 39.7. The number of hydrogen-bond acceptors (Lipinski definition) is 14. The summed E-state index contributed by atoms with van der Waals surface area (Å²) in [6.07, 6.45) is 0.929. The van der Waals surface area contributed by atoms with Crippen molar-refractivity contribution < 1.29 is 53.0 Å². The minimum atomic E-state index is -1.13. The summed E-state index contributed by atoms with van der Waals surface area (Å²) in [4.78, 5) is 116. The Morgan fingerprint density at radius 3 is 2.23 bits per heavy atom. The summed E-state index contributed by atoms with van der Waals surface area (Å²) >= 11 is 0. The van der Waals surface area contributed by atoms with Gasteiger partial charge in [0.25, 0.3) is 11.8 Å². The highest BCUT2D eigenvalue weighted by Crippen LogP contribution is 2.30. The second kappa shape index (κ2) is 24.1. The average molecular weight is 958 g/mol. The molecule has 2 atom stereocenters. The molecule has 2 unspecified atom stereocenters. The zero-order chi connectivity index (χ0) is 50.4. The van der Waals surface area contributed by atoms with Gasteiger partial charge < -0.3 is 56.9 Å². The molecule has 2 aromatic carbocycles. The van der Waals surface area contributed by atoms with Gasteiger partial charge in [-0.25, -0.2) is 24.4 Å². The number of para-hydroxylation sites is 1. The van der Waals surface area contributed by atoms with Crippen molar-refractivity contribution in [1.29, 1.82) is 0 Å². The number of rotatable bonds is 24. The van der Waals surface area contributed by atoms with Gasteiger partial charge in [-0.2, -0.15) is 0 Å². The molecule has 2 aromatic heterocycles. The summed E-state index contributed by atoms with van der Waals surface area (Å²) in [7, 11) is 0. The van der Waals surface area contributed by atoms with Crippen molar-refractivity contribution in [3.05, 3.63) is 59.9 Å². The first-order chi connectivity index (χ1) is 32.7. The van der Waals surface area contributed by atoms with Gasteiger partial charge >= 0.3 is 18.1 Å². The molecule has 1 aliphatic heterocycles. The van der Waals surface area contributed by atoms with E-state index in [0.717, 1.165) is 5.39 Å². The van der Waals surface area contributed by atoms with Gasteiger partial charge in [0.1, 0.15) is 30.0 Å². The Balaban J connectivity index is 1.15. The average Bonchev–Trinajstić information content (AvgIpc) is 3.81. The summed E-state index contributed by atoms with van der Waals surface area (Å²) in [5.74, 6) is -3.10. The van der Waals surface area contributed by atoms with Crippen LogP contribution in [0.1, 0.15) is 104 Å². The van der Waals surface area contributed by atoms with Gasteiger partial charge in [0, 0.05) is 49.8 Å². The number of imide groups is 1. The standard InChI is InChI=1S/C47H63N11O11/c1-6-56(25-34-54-40-41(57(34)27-47(4,5)67)31-13-10-11-14-32(31)52-42(40)48)46(66)68-26-29-18-20-30(21-19-29)51-43(63)33(15-12-24-50-45(49)65)53-44(64)39(28(2)3)55-35(59)16-8-7-9-17-38(62)69-58-36(60)22-23-37(58)61/h10-11,13-14,18-21,28,33,39,67H,6-9,12,15-17,22-27H2,1-5H3,(H2,48,52)(H,51,63)(H,53,64)(H,55,59)(H3,49,50,65). The number of unbranched alkanes of at least 4 members (excludes halogenated alkanes) is 2. The smallest absolute Gasteiger partial charge is 0.410 e. The van der Waals surface area contributed by atoms with Crippen LogP contribution < -0.4 is 32.7 Å². The maximum atomic E-state index is 13.7. The number of anilines is 2. The molecule has 0 aliphatic carbocycles. The van der Waals surface area contributed by atoms with Gasteiger partial charge in [-0.1, -0.05) is 50.6 Å². The number of urea groups is 1. The first kappa shape index (κ1) is 52.6. The van der Waals surface area contributed by atoms with Gasteiger partial charge in [-0.05, 0) is 76.1 Å². The lowest BCUT2D eigenvalue weighted by Crippen LogP contribution is -2.54. The number of fused-ring (bicyclic) bond motifs is 3. The lowest BCUT2D eigenvalue weighted by atomic mass is 10.0. The van der Waals surface area contributed by atoms with E-state index < -0.39 is 65.3 Å². The predicted octanol–water partition coefficient (Wildman–Crippen LogP) is 3.67. The predicted molar refractivity (Wildman–Crippen MR) is 253 cm³/mol. The van der Waals surface area contributed by atoms with Crippen LogP contribution in [-0.4, -0.2) is 108 Å². The van der Waals surface area contributed by atoms with Crippen molar-refractivity contribution in [2.24, 2.45) is 11.7 Å². The summed E-state index contributed by atoms with van der Waals surface area (Å²) in [5, 5.41) is 22.9. The maximum absolute atomic E-state index is 13.7. The lowest BCUT2D eigenvalue weighted by Gasteiger charge is -2.25. The number of hydrogen-bond donors (Lipinski definition) is 7. The summed E-state index contributed by atoms with van der Waals surface area (Å²) in [6, 6.07) is 11.2. The Labute approximate surface area is 399 Å². The molecule has 8 amide bonds. The third kappa shape index (κ3) is 15.1. The molecule has 372 valence electrons. The number of aliphatic hydroxyl groups is 1. The summed E-state index contributed by atoms with van der Waals surface area (Å²) in [5.41, 5.74) is 13.2. The van der Waals surface area contributed by atoms with Crippen LogP contribution in [0.15, 0.2) is 48.5 Å². The van der Waals surface area contributed by atoms with Crippen LogP contribution in [-0.2, 0) is 58.0 Å². The number of ether oxygens (including phenoxy) is 1. The van der Waals surface area contributed by atoms with Crippen LogP contribution in [0.5, 0.6) is 0 Å². The topological polar surface area (TPSA) is 313 Å². The van der Waals surface area contributed by atoms with Crippen LogP contribution >= 0.6 is 0 Å². The second-order valence-electron chi connectivity index (χ2n) is 17.8. The molecule has 4 aromatic rings. The number of nitrogens with two attached hydrogens (primary N) is 2. The fraction of sp³-hybridized carbons (Fsp3) is 0.489.